The van der Waals surface area contributed by atoms with Gasteiger partial charge in [0.15, 0.2) is 0 Å². The van der Waals surface area contributed by atoms with E-state index in [2.05, 4.69) is 16.3 Å². The minimum absolute atomic E-state index is 0.303. The Labute approximate surface area is 103 Å². The molecule has 2 atom stereocenters. The summed E-state index contributed by atoms with van der Waals surface area (Å²) in [5.74, 6) is 0.541. The summed E-state index contributed by atoms with van der Waals surface area (Å²) in [4.78, 5) is 2.42. The number of piperidine rings is 3. The van der Waals surface area contributed by atoms with Gasteiger partial charge in [-0.1, -0.05) is 0 Å². The van der Waals surface area contributed by atoms with Crippen LogP contribution in [0.2, 0.25) is 0 Å². The van der Waals surface area contributed by atoms with Gasteiger partial charge in [0.1, 0.15) is 5.54 Å². The topological polar surface area (TPSA) is 48.3 Å². The van der Waals surface area contributed by atoms with Crippen molar-refractivity contribution in [1.82, 2.24) is 10.2 Å². The van der Waals surface area contributed by atoms with Gasteiger partial charge in [-0.2, -0.15) is 5.26 Å². The molecule has 0 spiro atoms. The highest BCUT2D eigenvalue weighted by Crippen LogP contribution is 2.35. The zero-order valence-corrected chi connectivity index (χ0v) is 10.3. The van der Waals surface area contributed by atoms with E-state index in [1.165, 1.54) is 32.4 Å². The van der Waals surface area contributed by atoms with Gasteiger partial charge >= 0.3 is 0 Å². The molecule has 4 saturated heterocycles. The van der Waals surface area contributed by atoms with Crippen LogP contribution in [0.1, 0.15) is 25.7 Å². The van der Waals surface area contributed by atoms with Crippen molar-refractivity contribution < 1.29 is 4.74 Å². The van der Waals surface area contributed by atoms with Crippen LogP contribution in [0.4, 0.5) is 0 Å². The number of nitrogens with zero attached hydrogens (tertiary/aromatic N) is 2. The highest BCUT2D eigenvalue weighted by molar-refractivity contribution is 5.17. The van der Waals surface area contributed by atoms with Crippen LogP contribution >= 0.6 is 0 Å². The number of hydrogen-bond donors (Lipinski definition) is 1. The van der Waals surface area contributed by atoms with Crippen LogP contribution in [0.15, 0.2) is 0 Å². The summed E-state index contributed by atoms with van der Waals surface area (Å²) in [6.07, 6.45) is 4.98. The van der Waals surface area contributed by atoms with Crippen LogP contribution < -0.4 is 5.32 Å². The fourth-order valence-electron chi connectivity index (χ4n) is 3.53. The van der Waals surface area contributed by atoms with Gasteiger partial charge < -0.3 is 9.64 Å². The van der Waals surface area contributed by atoms with Crippen molar-refractivity contribution in [3.63, 3.8) is 0 Å². The molecule has 4 nitrogen and oxygen atoms in total. The van der Waals surface area contributed by atoms with Gasteiger partial charge in [0.2, 0.25) is 0 Å². The summed E-state index contributed by atoms with van der Waals surface area (Å²) < 4.78 is 5.63. The molecule has 2 bridgehead atoms. The SMILES string of the molecule is N#CC1(NCC2CCCO2)CN2CCC1CC2. The monoisotopic (exact) mass is 235 g/mol. The average Bonchev–Trinajstić information content (AvgIpc) is 2.91. The first-order chi connectivity index (χ1) is 8.32. The molecule has 4 aliphatic rings. The maximum atomic E-state index is 9.56. The predicted octanol–water partition coefficient (Wildman–Crippen LogP) is 0.743. The van der Waals surface area contributed by atoms with E-state index in [-0.39, 0.29) is 5.54 Å². The van der Waals surface area contributed by atoms with E-state index in [0.29, 0.717) is 12.0 Å². The van der Waals surface area contributed by atoms with Crippen molar-refractivity contribution >= 4 is 0 Å². The summed E-state index contributed by atoms with van der Waals surface area (Å²) in [5, 5.41) is 13.1. The van der Waals surface area contributed by atoms with Gasteiger partial charge in [0.05, 0.1) is 12.2 Å². The van der Waals surface area contributed by atoms with Gasteiger partial charge in [-0.3, -0.25) is 5.32 Å². The fraction of sp³-hybridized carbons (Fsp3) is 0.923. The van der Waals surface area contributed by atoms with E-state index in [0.717, 1.165) is 26.1 Å². The van der Waals surface area contributed by atoms with E-state index >= 15 is 0 Å². The minimum atomic E-state index is -0.303. The molecule has 17 heavy (non-hydrogen) atoms. The highest BCUT2D eigenvalue weighted by Gasteiger charge is 2.47. The fourth-order valence-corrected chi connectivity index (χ4v) is 3.53. The van der Waals surface area contributed by atoms with Crippen molar-refractivity contribution in [2.24, 2.45) is 5.92 Å². The summed E-state index contributed by atoms with van der Waals surface area (Å²) in [7, 11) is 0. The molecule has 4 heteroatoms. The van der Waals surface area contributed by atoms with E-state index in [1.807, 2.05) is 0 Å². The first-order valence-corrected chi connectivity index (χ1v) is 6.83. The number of hydrogen-bond acceptors (Lipinski definition) is 4. The Kier molecular flexibility index (Phi) is 3.08. The van der Waals surface area contributed by atoms with Crippen molar-refractivity contribution in [3.8, 4) is 6.07 Å². The van der Waals surface area contributed by atoms with Gasteiger partial charge in [-0.25, -0.2) is 0 Å². The molecule has 0 radical (unpaired) electrons. The Hall–Kier alpha value is -0.630. The van der Waals surface area contributed by atoms with Crippen LogP contribution in [0, 0.1) is 17.2 Å². The van der Waals surface area contributed by atoms with E-state index in [1.54, 1.807) is 0 Å². The van der Waals surface area contributed by atoms with E-state index in [9.17, 15) is 5.26 Å². The summed E-state index contributed by atoms with van der Waals surface area (Å²) in [5.41, 5.74) is -0.303. The second kappa shape index (κ2) is 4.56. The smallest absolute Gasteiger partial charge is 0.122 e. The Morgan fingerprint density at radius 3 is 2.71 bits per heavy atom. The first-order valence-electron chi connectivity index (χ1n) is 6.83. The minimum Gasteiger partial charge on any atom is -0.377 e. The molecule has 94 valence electrons. The lowest BCUT2D eigenvalue weighted by Crippen LogP contribution is -2.66. The molecule has 0 saturated carbocycles. The molecule has 2 unspecified atom stereocenters. The molecule has 0 amide bonds. The Balaban J connectivity index is 1.63. The van der Waals surface area contributed by atoms with E-state index < -0.39 is 0 Å². The standard InChI is InChI=1S/C13H21N3O/c14-9-13(15-8-12-2-1-7-17-12)10-16-5-3-11(13)4-6-16/h11-12,15H,1-8,10H2. The van der Waals surface area contributed by atoms with Gasteiger partial charge in [0.25, 0.3) is 0 Å². The maximum Gasteiger partial charge on any atom is 0.122 e. The number of nitriles is 1. The molecule has 4 heterocycles. The Morgan fingerprint density at radius 1 is 1.35 bits per heavy atom. The lowest BCUT2D eigenvalue weighted by Gasteiger charge is -2.50. The number of nitrogens with one attached hydrogen (secondary N) is 1. The average molecular weight is 235 g/mol. The lowest BCUT2D eigenvalue weighted by atomic mass is 9.73. The zero-order chi connectivity index (χ0) is 11.7. The molecule has 4 rings (SSSR count). The Bertz CT molecular complexity index is 313. The molecule has 4 fully saturated rings. The molecule has 0 aromatic rings. The largest absolute Gasteiger partial charge is 0.377 e. The second-order valence-electron chi connectivity index (χ2n) is 5.65. The quantitative estimate of drug-likeness (QED) is 0.784. The molecule has 0 aromatic carbocycles. The van der Waals surface area contributed by atoms with Crippen molar-refractivity contribution in [1.29, 1.82) is 5.26 Å². The lowest BCUT2D eigenvalue weighted by molar-refractivity contribution is 0.0254. The molecule has 0 aromatic heterocycles. The number of fused-ring (bicyclic) bond motifs is 3. The molecule has 0 aliphatic carbocycles. The third-order valence-electron chi connectivity index (χ3n) is 4.63. The van der Waals surface area contributed by atoms with Gasteiger partial charge in [-0.15, -0.1) is 0 Å². The van der Waals surface area contributed by atoms with Crippen LogP contribution in [-0.2, 0) is 4.74 Å². The highest BCUT2D eigenvalue weighted by atomic mass is 16.5. The Morgan fingerprint density at radius 2 is 2.18 bits per heavy atom. The van der Waals surface area contributed by atoms with Crippen LogP contribution in [0.5, 0.6) is 0 Å². The van der Waals surface area contributed by atoms with Crippen molar-refractivity contribution in [2.45, 2.75) is 37.3 Å². The predicted molar refractivity (Wildman–Crippen MR) is 64.5 cm³/mol. The van der Waals surface area contributed by atoms with Gasteiger partial charge in [0, 0.05) is 19.7 Å². The normalized spacial score (nSPS) is 44.8. The third-order valence-corrected chi connectivity index (χ3v) is 4.63. The van der Waals surface area contributed by atoms with Crippen molar-refractivity contribution in [3.05, 3.63) is 0 Å². The van der Waals surface area contributed by atoms with Crippen LogP contribution in [0.25, 0.3) is 0 Å². The second-order valence-corrected chi connectivity index (χ2v) is 5.65. The third kappa shape index (κ3) is 2.08. The molecule has 4 aliphatic heterocycles. The molecular weight excluding hydrogens is 214 g/mol. The summed E-state index contributed by atoms with van der Waals surface area (Å²) in [6.45, 7) is 4.99. The molecular formula is C13H21N3O. The number of rotatable bonds is 3. The van der Waals surface area contributed by atoms with Crippen LogP contribution in [0.3, 0.4) is 0 Å². The summed E-state index contributed by atoms with van der Waals surface area (Å²) >= 11 is 0. The van der Waals surface area contributed by atoms with E-state index in [4.69, 9.17) is 4.74 Å². The zero-order valence-electron chi connectivity index (χ0n) is 10.3. The van der Waals surface area contributed by atoms with Gasteiger partial charge in [-0.05, 0) is 44.7 Å². The van der Waals surface area contributed by atoms with Crippen LogP contribution in [-0.4, -0.2) is 49.3 Å². The molecule has 1 N–H and O–H groups in total. The van der Waals surface area contributed by atoms with Crippen molar-refractivity contribution in [2.75, 3.05) is 32.8 Å². The summed E-state index contributed by atoms with van der Waals surface area (Å²) in [6, 6.07) is 2.56. The number of ether oxygens (including phenoxy) is 1. The maximum absolute atomic E-state index is 9.56. The first kappa shape index (κ1) is 11.5.